The quantitative estimate of drug-likeness (QED) is 0.542. The number of anilines is 1. The zero-order valence-corrected chi connectivity index (χ0v) is 19.2. The predicted octanol–water partition coefficient (Wildman–Crippen LogP) is 4.24. The first-order valence-electron chi connectivity index (χ1n) is 9.84. The maximum atomic E-state index is 12.8. The van der Waals surface area contributed by atoms with Crippen LogP contribution < -0.4 is 4.90 Å². The second-order valence-electron chi connectivity index (χ2n) is 7.63. The molecule has 2 aromatic carbocycles. The Morgan fingerprint density at radius 3 is 2.53 bits per heavy atom. The molecule has 0 radical (unpaired) electrons. The normalized spacial score (nSPS) is 17.4. The number of fused-ring (bicyclic) bond motifs is 1. The second-order valence-corrected chi connectivity index (χ2v) is 10.5. The molecule has 1 aliphatic rings. The first-order valence-corrected chi connectivity index (χ1v) is 12.5. The van der Waals surface area contributed by atoms with Crippen molar-refractivity contribution >= 4 is 31.6 Å². The highest BCUT2D eigenvalue weighted by Crippen LogP contribution is 2.32. The van der Waals surface area contributed by atoms with Crippen molar-refractivity contribution in [2.45, 2.75) is 25.6 Å². The zero-order valence-electron chi connectivity index (χ0n) is 16.8. The van der Waals surface area contributed by atoms with Crippen LogP contribution in [0.15, 0.2) is 77.4 Å². The van der Waals surface area contributed by atoms with E-state index in [2.05, 4.69) is 44.0 Å². The Kier molecular flexibility index (Phi) is 6.22. The van der Waals surface area contributed by atoms with E-state index in [1.54, 1.807) is 10.5 Å². The predicted molar refractivity (Wildman–Crippen MR) is 124 cm³/mol. The Labute approximate surface area is 186 Å². The van der Waals surface area contributed by atoms with Gasteiger partial charge in [0.25, 0.3) is 0 Å². The maximum absolute atomic E-state index is 12.8. The van der Waals surface area contributed by atoms with Crippen LogP contribution in [-0.4, -0.2) is 36.5 Å². The van der Waals surface area contributed by atoms with Crippen molar-refractivity contribution in [2.75, 3.05) is 17.7 Å². The monoisotopic (exact) mass is 485 g/mol. The number of sulfonamides is 1. The minimum atomic E-state index is -3.39. The summed E-state index contributed by atoms with van der Waals surface area (Å²) in [5.74, 6) is 0. The van der Waals surface area contributed by atoms with E-state index in [1.165, 1.54) is 6.26 Å². The van der Waals surface area contributed by atoms with Gasteiger partial charge in [0.1, 0.15) is 0 Å². The molecule has 0 saturated heterocycles. The fraction of sp³-hybridized carbons (Fsp3) is 0.261. The Morgan fingerprint density at radius 2 is 1.83 bits per heavy atom. The standard InChI is InChI=1S/C23H24BrN3O2S/c1-30(28,29)27-15-19-14-20(24)10-11-23(19)26(16-21-9-5-6-12-25-21)17-22(27)13-18-7-3-2-4-8-18/h2-12,14,22H,13,15-17H2,1H3/t22-/m1/s1. The molecule has 0 saturated carbocycles. The van der Waals surface area contributed by atoms with Crippen LogP contribution in [0, 0.1) is 0 Å². The maximum Gasteiger partial charge on any atom is 0.211 e. The number of halogens is 1. The molecular formula is C23H24BrN3O2S. The van der Waals surface area contributed by atoms with Crippen molar-refractivity contribution in [3.05, 3.63) is 94.2 Å². The van der Waals surface area contributed by atoms with Crippen LogP contribution in [0.2, 0.25) is 0 Å². The molecule has 1 atom stereocenters. The lowest BCUT2D eigenvalue weighted by molar-refractivity contribution is 0.320. The van der Waals surface area contributed by atoms with Gasteiger partial charge in [0.05, 0.1) is 18.5 Å². The van der Waals surface area contributed by atoms with E-state index < -0.39 is 10.0 Å². The summed E-state index contributed by atoms with van der Waals surface area (Å²) in [6.45, 7) is 1.56. The second kappa shape index (κ2) is 8.88. The van der Waals surface area contributed by atoms with E-state index in [4.69, 9.17) is 0 Å². The Hall–Kier alpha value is -2.22. The average molecular weight is 486 g/mol. The molecule has 1 aliphatic heterocycles. The van der Waals surface area contributed by atoms with Gasteiger partial charge >= 0.3 is 0 Å². The molecule has 2 heterocycles. The smallest absolute Gasteiger partial charge is 0.211 e. The van der Waals surface area contributed by atoms with E-state index in [0.717, 1.165) is 27.0 Å². The van der Waals surface area contributed by atoms with Gasteiger partial charge in [-0.15, -0.1) is 0 Å². The minimum Gasteiger partial charge on any atom is -0.364 e. The van der Waals surface area contributed by atoms with Crippen LogP contribution in [0.1, 0.15) is 16.8 Å². The number of hydrogen-bond acceptors (Lipinski definition) is 4. The van der Waals surface area contributed by atoms with Gasteiger partial charge in [-0.1, -0.05) is 52.3 Å². The van der Waals surface area contributed by atoms with Crippen molar-refractivity contribution in [3.8, 4) is 0 Å². The fourth-order valence-electron chi connectivity index (χ4n) is 4.01. The lowest BCUT2D eigenvalue weighted by Gasteiger charge is -2.31. The van der Waals surface area contributed by atoms with Gasteiger partial charge in [-0.2, -0.15) is 4.31 Å². The third kappa shape index (κ3) is 4.91. The average Bonchev–Trinajstić information content (AvgIpc) is 2.86. The van der Waals surface area contributed by atoms with E-state index in [1.807, 2.05) is 48.5 Å². The van der Waals surface area contributed by atoms with Gasteiger partial charge in [-0.3, -0.25) is 4.98 Å². The molecule has 1 aromatic heterocycles. The molecule has 0 spiro atoms. The number of nitrogens with zero attached hydrogens (tertiary/aromatic N) is 3. The highest BCUT2D eigenvalue weighted by atomic mass is 79.9. The third-order valence-corrected chi connectivity index (χ3v) is 7.14. The molecule has 4 rings (SSSR count). The molecule has 5 nitrogen and oxygen atoms in total. The molecular weight excluding hydrogens is 462 g/mol. The number of benzene rings is 2. The summed E-state index contributed by atoms with van der Waals surface area (Å²) in [6, 6.07) is 21.9. The third-order valence-electron chi connectivity index (χ3n) is 5.37. The molecule has 0 fully saturated rings. The van der Waals surface area contributed by atoms with Crippen molar-refractivity contribution in [3.63, 3.8) is 0 Å². The molecule has 0 unspecified atom stereocenters. The van der Waals surface area contributed by atoms with Crippen LogP contribution in [0.5, 0.6) is 0 Å². The lowest BCUT2D eigenvalue weighted by atomic mass is 10.1. The summed E-state index contributed by atoms with van der Waals surface area (Å²) in [5, 5.41) is 0. The summed E-state index contributed by atoms with van der Waals surface area (Å²) in [4.78, 5) is 6.74. The summed E-state index contributed by atoms with van der Waals surface area (Å²) >= 11 is 3.54. The molecule has 0 bridgehead atoms. The van der Waals surface area contributed by atoms with Crippen molar-refractivity contribution < 1.29 is 8.42 Å². The molecule has 3 aromatic rings. The van der Waals surface area contributed by atoms with Gasteiger partial charge in [-0.25, -0.2) is 8.42 Å². The first kappa shape index (κ1) is 21.0. The number of aromatic nitrogens is 1. The Bertz CT molecular complexity index is 1110. The minimum absolute atomic E-state index is 0.183. The van der Waals surface area contributed by atoms with Crippen LogP contribution in [-0.2, 0) is 29.5 Å². The number of rotatable bonds is 5. The highest BCUT2D eigenvalue weighted by Gasteiger charge is 2.33. The van der Waals surface area contributed by atoms with Gasteiger partial charge < -0.3 is 4.90 Å². The van der Waals surface area contributed by atoms with Crippen LogP contribution >= 0.6 is 15.9 Å². The van der Waals surface area contributed by atoms with Crippen LogP contribution in [0.3, 0.4) is 0 Å². The summed E-state index contributed by atoms with van der Waals surface area (Å²) in [7, 11) is -3.39. The molecule has 0 amide bonds. The van der Waals surface area contributed by atoms with Crippen LogP contribution in [0.4, 0.5) is 5.69 Å². The first-order chi connectivity index (χ1) is 14.4. The lowest BCUT2D eigenvalue weighted by Crippen LogP contribution is -2.45. The molecule has 0 aliphatic carbocycles. The molecule has 7 heteroatoms. The van der Waals surface area contributed by atoms with Crippen molar-refractivity contribution in [1.29, 1.82) is 0 Å². The Balaban J connectivity index is 1.76. The molecule has 156 valence electrons. The topological polar surface area (TPSA) is 53.5 Å². The van der Waals surface area contributed by atoms with E-state index in [9.17, 15) is 8.42 Å². The summed E-state index contributed by atoms with van der Waals surface area (Å²) in [6.07, 6.45) is 3.75. The van der Waals surface area contributed by atoms with E-state index in [-0.39, 0.29) is 6.04 Å². The number of hydrogen-bond donors (Lipinski definition) is 0. The summed E-state index contributed by atoms with van der Waals surface area (Å²) < 4.78 is 28.1. The molecule has 30 heavy (non-hydrogen) atoms. The largest absolute Gasteiger partial charge is 0.364 e. The van der Waals surface area contributed by atoms with Gasteiger partial charge in [-0.05, 0) is 47.9 Å². The van der Waals surface area contributed by atoms with E-state index in [0.29, 0.717) is 26.1 Å². The SMILES string of the molecule is CS(=O)(=O)N1Cc2cc(Br)ccc2N(Cc2ccccn2)C[C@H]1Cc1ccccc1. The van der Waals surface area contributed by atoms with E-state index >= 15 is 0 Å². The molecule has 0 N–H and O–H groups in total. The van der Waals surface area contributed by atoms with Crippen LogP contribution in [0.25, 0.3) is 0 Å². The summed E-state index contributed by atoms with van der Waals surface area (Å²) in [5.41, 5.74) is 4.12. The van der Waals surface area contributed by atoms with Crippen molar-refractivity contribution in [1.82, 2.24) is 9.29 Å². The number of pyridine rings is 1. The zero-order chi connectivity index (χ0) is 21.1. The van der Waals surface area contributed by atoms with Gasteiger partial charge in [0, 0.05) is 35.5 Å². The van der Waals surface area contributed by atoms with Gasteiger partial charge in [0.15, 0.2) is 0 Å². The fourth-order valence-corrected chi connectivity index (χ4v) is 5.47. The van der Waals surface area contributed by atoms with Gasteiger partial charge in [0.2, 0.25) is 10.0 Å². The Morgan fingerprint density at radius 1 is 1.07 bits per heavy atom. The van der Waals surface area contributed by atoms with Crippen molar-refractivity contribution in [2.24, 2.45) is 0 Å². The highest BCUT2D eigenvalue weighted by molar-refractivity contribution is 9.10.